The van der Waals surface area contributed by atoms with Crippen LogP contribution in [0.3, 0.4) is 0 Å². The monoisotopic (exact) mass is 211 g/mol. The maximum Gasteiger partial charge on any atom is 0.0233 e. The Balaban J connectivity index is 1.87. The van der Waals surface area contributed by atoms with Gasteiger partial charge in [0.05, 0.1) is 0 Å². The van der Waals surface area contributed by atoms with Crippen LogP contribution in [0.5, 0.6) is 0 Å². The summed E-state index contributed by atoms with van der Waals surface area (Å²) in [6, 6.07) is 2.23. The first-order valence-electron chi connectivity index (χ1n) is 6.39. The highest BCUT2D eigenvalue weighted by atomic mass is 15.3. The summed E-state index contributed by atoms with van der Waals surface area (Å²) in [7, 11) is 0. The molecule has 2 aliphatic heterocycles. The quantitative estimate of drug-likeness (QED) is 0.727. The van der Waals surface area contributed by atoms with Crippen molar-refractivity contribution in [1.29, 1.82) is 0 Å². The summed E-state index contributed by atoms with van der Waals surface area (Å²) >= 11 is 0. The summed E-state index contributed by atoms with van der Waals surface area (Å²) < 4.78 is 0. The number of rotatable bonds is 2. The third-order valence-electron chi connectivity index (χ3n) is 3.92. The smallest absolute Gasteiger partial charge is 0.0233 e. The van der Waals surface area contributed by atoms with Crippen molar-refractivity contribution in [1.82, 2.24) is 15.1 Å². The van der Waals surface area contributed by atoms with E-state index in [9.17, 15) is 0 Å². The van der Waals surface area contributed by atoms with Crippen LogP contribution in [0, 0.1) is 0 Å². The molecule has 0 aromatic heterocycles. The van der Waals surface area contributed by atoms with Crippen molar-refractivity contribution < 1.29 is 0 Å². The van der Waals surface area contributed by atoms with Crippen LogP contribution in [0.15, 0.2) is 0 Å². The highest BCUT2D eigenvalue weighted by molar-refractivity contribution is 4.88. The van der Waals surface area contributed by atoms with Crippen LogP contribution in [-0.4, -0.2) is 60.6 Å². The Morgan fingerprint density at radius 1 is 1.27 bits per heavy atom. The Labute approximate surface area is 93.8 Å². The Hall–Kier alpha value is -0.120. The maximum atomic E-state index is 3.46. The Bertz CT molecular complexity index is 199. The zero-order chi connectivity index (χ0) is 10.8. The highest BCUT2D eigenvalue weighted by Gasteiger charge is 2.30. The van der Waals surface area contributed by atoms with Crippen LogP contribution < -0.4 is 5.32 Å². The first kappa shape index (κ1) is 11.4. The molecule has 2 aliphatic rings. The van der Waals surface area contributed by atoms with Crippen molar-refractivity contribution in [2.45, 2.75) is 45.3 Å². The molecular weight excluding hydrogens is 186 g/mol. The predicted octanol–water partition coefficient (Wildman–Crippen LogP) is 0.763. The van der Waals surface area contributed by atoms with E-state index in [1.165, 1.54) is 39.1 Å². The summed E-state index contributed by atoms with van der Waals surface area (Å²) in [5.41, 5.74) is 0. The van der Waals surface area contributed by atoms with Crippen molar-refractivity contribution in [3.63, 3.8) is 0 Å². The van der Waals surface area contributed by atoms with Crippen molar-refractivity contribution in [2.75, 3.05) is 32.7 Å². The van der Waals surface area contributed by atoms with Gasteiger partial charge in [0.25, 0.3) is 0 Å². The molecule has 3 nitrogen and oxygen atoms in total. The first-order valence-corrected chi connectivity index (χ1v) is 6.39. The van der Waals surface area contributed by atoms with Crippen LogP contribution in [0.2, 0.25) is 0 Å². The molecule has 0 bridgehead atoms. The molecule has 0 aliphatic carbocycles. The van der Waals surface area contributed by atoms with Crippen LogP contribution in [0.1, 0.15) is 27.2 Å². The second-order valence-corrected chi connectivity index (χ2v) is 5.32. The first-order chi connectivity index (χ1) is 7.18. The topological polar surface area (TPSA) is 18.5 Å². The number of hydrogen-bond acceptors (Lipinski definition) is 3. The highest BCUT2D eigenvalue weighted by Crippen LogP contribution is 2.17. The molecule has 0 aromatic carbocycles. The second-order valence-electron chi connectivity index (χ2n) is 5.32. The molecule has 15 heavy (non-hydrogen) atoms. The average Bonchev–Trinajstić information content (AvgIpc) is 2.69. The minimum absolute atomic E-state index is 0.698. The van der Waals surface area contributed by atoms with Gasteiger partial charge in [-0.1, -0.05) is 0 Å². The lowest BCUT2D eigenvalue weighted by Gasteiger charge is -2.44. The molecule has 2 saturated heterocycles. The molecule has 0 radical (unpaired) electrons. The van der Waals surface area contributed by atoms with E-state index in [0.717, 1.165) is 12.1 Å². The maximum absolute atomic E-state index is 3.46. The molecule has 2 rings (SSSR count). The third kappa shape index (κ3) is 2.52. The average molecular weight is 211 g/mol. The molecule has 1 N–H and O–H groups in total. The lowest BCUT2D eigenvalue weighted by Crippen LogP contribution is -2.56. The van der Waals surface area contributed by atoms with Gasteiger partial charge in [-0.3, -0.25) is 9.80 Å². The van der Waals surface area contributed by atoms with Crippen molar-refractivity contribution in [2.24, 2.45) is 0 Å². The molecule has 0 saturated carbocycles. The standard InChI is InChI=1S/C12H25N3/c1-10(2)15-7-6-14(9-11(15)3)12-4-5-13-8-12/h10-13H,4-9H2,1-3H3. The summed E-state index contributed by atoms with van der Waals surface area (Å²) in [5.74, 6) is 0. The molecular formula is C12H25N3. The fourth-order valence-corrected chi connectivity index (χ4v) is 3.05. The van der Waals surface area contributed by atoms with Crippen molar-refractivity contribution in [3.05, 3.63) is 0 Å². The third-order valence-corrected chi connectivity index (χ3v) is 3.92. The zero-order valence-corrected chi connectivity index (χ0v) is 10.4. The molecule has 2 heterocycles. The SMILES string of the molecule is CC(C)N1CCN(C2CCNC2)CC1C. The van der Waals surface area contributed by atoms with Crippen molar-refractivity contribution >= 4 is 0 Å². The Kier molecular flexibility index (Phi) is 3.65. The second kappa shape index (κ2) is 4.81. The fraction of sp³-hybridized carbons (Fsp3) is 1.00. The van der Waals surface area contributed by atoms with Gasteiger partial charge in [0.15, 0.2) is 0 Å². The summed E-state index contributed by atoms with van der Waals surface area (Å²) in [5, 5.41) is 3.46. The number of nitrogens with zero attached hydrogens (tertiary/aromatic N) is 2. The number of nitrogens with one attached hydrogen (secondary N) is 1. The molecule has 2 atom stereocenters. The molecule has 0 aromatic rings. The molecule has 2 fully saturated rings. The van der Waals surface area contributed by atoms with Crippen LogP contribution >= 0.6 is 0 Å². The van der Waals surface area contributed by atoms with E-state index in [-0.39, 0.29) is 0 Å². The minimum Gasteiger partial charge on any atom is -0.315 e. The van der Waals surface area contributed by atoms with E-state index >= 15 is 0 Å². The van der Waals surface area contributed by atoms with Crippen LogP contribution in [0.4, 0.5) is 0 Å². The molecule has 0 spiro atoms. The summed E-state index contributed by atoms with van der Waals surface area (Å²) in [6.07, 6.45) is 1.34. The van der Waals surface area contributed by atoms with E-state index in [1.807, 2.05) is 0 Å². The summed E-state index contributed by atoms with van der Waals surface area (Å²) in [4.78, 5) is 5.31. The van der Waals surface area contributed by atoms with Crippen LogP contribution in [-0.2, 0) is 0 Å². The van der Waals surface area contributed by atoms with E-state index in [0.29, 0.717) is 6.04 Å². The van der Waals surface area contributed by atoms with E-state index in [1.54, 1.807) is 0 Å². The normalized spacial score (nSPS) is 35.2. The van der Waals surface area contributed by atoms with Gasteiger partial charge in [0, 0.05) is 44.3 Å². The molecule has 2 unspecified atom stereocenters. The lowest BCUT2D eigenvalue weighted by molar-refractivity contribution is 0.0411. The number of hydrogen-bond donors (Lipinski definition) is 1. The van der Waals surface area contributed by atoms with Crippen LogP contribution in [0.25, 0.3) is 0 Å². The van der Waals surface area contributed by atoms with Crippen molar-refractivity contribution in [3.8, 4) is 0 Å². The van der Waals surface area contributed by atoms with Gasteiger partial charge < -0.3 is 5.32 Å². The van der Waals surface area contributed by atoms with Gasteiger partial charge >= 0.3 is 0 Å². The summed E-state index contributed by atoms with van der Waals surface area (Å²) in [6.45, 7) is 13.2. The minimum atomic E-state index is 0.698. The Morgan fingerprint density at radius 3 is 2.60 bits per heavy atom. The van der Waals surface area contributed by atoms with Gasteiger partial charge in [-0.2, -0.15) is 0 Å². The predicted molar refractivity (Wildman–Crippen MR) is 64.2 cm³/mol. The van der Waals surface area contributed by atoms with Gasteiger partial charge in [0.2, 0.25) is 0 Å². The van der Waals surface area contributed by atoms with Gasteiger partial charge in [-0.15, -0.1) is 0 Å². The van der Waals surface area contributed by atoms with Gasteiger partial charge in [-0.25, -0.2) is 0 Å². The van der Waals surface area contributed by atoms with Gasteiger partial charge in [-0.05, 0) is 33.7 Å². The van der Waals surface area contributed by atoms with E-state index in [2.05, 4.69) is 35.9 Å². The molecule has 0 amide bonds. The fourth-order valence-electron chi connectivity index (χ4n) is 3.05. The lowest BCUT2D eigenvalue weighted by atomic mass is 10.1. The van der Waals surface area contributed by atoms with E-state index < -0.39 is 0 Å². The van der Waals surface area contributed by atoms with Gasteiger partial charge in [0.1, 0.15) is 0 Å². The molecule has 3 heteroatoms. The Morgan fingerprint density at radius 2 is 2.07 bits per heavy atom. The molecule has 88 valence electrons. The largest absolute Gasteiger partial charge is 0.315 e. The number of piperazine rings is 1. The zero-order valence-electron chi connectivity index (χ0n) is 10.4. The van der Waals surface area contributed by atoms with E-state index in [4.69, 9.17) is 0 Å².